The lowest BCUT2D eigenvalue weighted by molar-refractivity contribution is -0.153. The van der Waals surface area contributed by atoms with Crippen molar-refractivity contribution < 1.29 is 28.9 Å². The maximum absolute atomic E-state index is 13.2. The van der Waals surface area contributed by atoms with Crippen molar-refractivity contribution in [3.05, 3.63) is 34.4 Å². The zero-order chi connectivity index (χ0) is 27.7. The lowest BCUT2D eigenvalue weighted by atomic mass is 9.63. The van der Waals surface area contributed by atoms with E-state index in [1.807, 2.05) is 13.8 Å². The second-order valence-electron chi connectivity index (χ2n) is 12.3. The average molecular weight is 519 g/mol. The van der Waals surface area contributed by atoms with Gasteiger partial charge in [0.25, 0.3) is 0 Å². The molecule has 8 heteroatoms. The molecule has 0 aromatic rings. The van der Waals surface area contributed by atoms with Crippen molar-refractivity contribution in [3.63, 3.8) is 0 Å². The summed E-state index contributed by atoms with van der Waals surface area (Å²) in [6.07, 6.45) is 4.32. The number of carboxylic acid groups (broad SMARTS) is 1. The Morgan fingerprint density at radius 2 is 1.84 bits per heavy atom. The minimum atomic E-state index is -1.48. The van der Waals surface area contributed by atoms with Crippen LogP contribution in [0.2, 0.25) is 0 Å². The number of hydrogen-bond donors (Lipinski definition) is 2. The third-order valence-electron chi connectivity index (χ3n) is 7.92. The number of allylic oxidation sites excluding steroid dienone is 3. The number of ether oxygens (including phenoxy) is 3. The molecule has 3 aliphatic rings. The first-order valence-electron chi connectivity index (χ1n) is 13.5. The van der Waals surface area contributed by atoms with Gasteiger partial charge in [-0.25, -0.2) is 9.59 Å². The molecule has 1 fully saturated rings. The molecule has 0 aromatic carbocycles. The molecule has 1 amide bonds. The Morgan fingerprint density at radius 3 is 2.35 bits per heavy atom. The second kappa shape index (κ2) is 11.0. The molecule has 208 valence electrons. The molecule has 3 atom stereocenters. The molecule has 0 radical (unpaired) electrons. The van der Waals surface area contributed by atoms with Crippen LogP contribution in [-0.4, -0.2) is 60.5 Å². The number of carbonyl (C=O) groups excluding carboxylic acids is 1. The molecule has 37 heavy (non-hydrogen) atoms. The highest BCUT2D eigenvalue weighted by atomic mass is 16.6. The minimum absolute atomic E-state index is 0.0962. The van der Waals surface area contributed by atoms with Gasteiger partial charge < -0.3 is 29.5 Å². The monoisotopic (exact) mass is 518 g/mol. The van der Waals surface area contributed by atoms with Crippen molar-refractivity contribution >= 4 is 12.1 Å². The minimum Gasteiger partial charge on any atom is -0.497 e. The Bertz CT molecular complexity index is 987. The molecule has 0 bridgehead atoms. The summed E-state index contributed by atoms with van der Waals surface area (Å²) in [5.41, 5.74) is 1.36. The third kappa shape index (κ3) is 5.93. The molecule has 0 spiro atoms. The van der Waals surface area contributed by atoms with E-state index in [0.717, 1.165) is 43.1 Å². The van der Waals surface area contributed by atoms with Gasteiger partial charge in [-0.2, -0.15) is 0 Å². The molecule has 2 aliphatic heterocycles. The SMILES string of the molecule is COC1=C(OC)CC2=C3CC([C@@](NC(=O)OC(C)(C)C)(C(=O)O)C(C)C)C(CC(C)C)CN3CCC2=C1. The van der Waals surface area contributed by atoms with Crippen LogP contribution in [0.25, 0.3) is 0 Å². The van der Waals surface area contributed by atoms with Gasteiger partial charge in [-0.15, -0.1) is 0 Å². The number of alkyl carbamates (subject to hydrolysis) is 1. The number of rotatable bonds is 8. The number of carbonyl (C=O) groups is 2. The Labute approximate surface area is 222 Å². The van der Waals surface area contributed by atoms with Gasteiger partial charge >= 0.3 is 12.1 Å². The van der Waals surface area contributed by atoms with E-state index in [-0.39, 0.29) is 17.8 Å². The van der Waals surface area contributed by atoms with E-state index in [0.29, 0.717) is 18.8 Å². The summed E-state index contributed by atoms with van der Waals surface area (Å²) in [6.45, 7) is 15.1. The standard InChI is InChI=1S/C29H46N2O6/c1-17(2)12-20-16-31-11-10-19-13-24(35-8)25(36-9)14-21(19)23(31)15-22(20)29(18(3)4,26(32)33)30-27(34)37-28(5,6)7/h13,17-18,20,22H,10-12,14-16H2,1-9H3,(H,30,34)(H,32,33)/t20?,22?,29-/m1/s1. The van der Waals surface area contributed by atoms with Crippen LogP contribution >= 0.6 is 0 Å². The lowest BCUT2D eigenvalue weighted by Crippen LogP contribution is -2.66. The highest BCUT2D eigenvalue weighted by Crippen LogP contribution is 2.48. The van der Waals surface area contributed by atoms with Crippen molar-refractivity contribution in [2.45, 2.75) is 85.3 Å². The van der Waals surface area contributed by atoms with E-state index < -0.39 is 23.2 Å². The Balaban J connectivity index is 2.11. The van der Waals surface area contributed by atoms with Gasteiger partial charge in [0.05, 0.1) is 14.2 Å². The fourth-order valence-electron chi connectivity index (χ4n) is 6.34. The van der Waals surface area contributed by atoms with Crippen molar-refractivity contribution in [1.82, 2.24) is 10.2 Å². The van der Waals surface area contributed by atoms with E-state index >= 15 is 0 Å². The summed E-state index contributed by atoms with van der Waals surface area (Å²) >= 11 is 0. The van der Waals surface area contributed by atoms with Crippen LogP contribution in [-0.2, 0) is 19.0 Å². The Hall–Kier alpha value is -2.64. The van der Waals surface area contributed by atoms with E-state index in [9.17, 15) is 14.7 Å². The molecule has 0 aromatic heterocycles. The molecule has 2 unspecified atom stereocenters. The van der Waals surface area contributed by atoms with Gasteiger partial charge in [-0.1, -0.05) is 27.7 Å². The molecule has 3 rings (SSSR count). The zero-order valence-electron chi connectivity index (χ0n) is 24.1. The summed E-state index contributed by atoms with van der Waals surface area (Å²) in [4.78, 5) is 28.6. The number of nitrogens with zero attached hydrogens (tertiary/aromatic N) is 1. The van der Waals surface area contributed by atoms with Crippen LogP contribution in [0.5, 0.6) is 0 Å². The third-order valence-corrected chi connectivity index (χ3v) is 7.92. The summed E-state index contributed by atoms with van der Waals surface area (Å²) in [5, 5.41) is 13.7. The zero-order valence-corrected chi connectivity index (χ0v) is 24.1. The molecule has 1 aliphatic carbocycles. The fourth-order valence-corrected chi connectivity index (χ4v) is 6.34. The maximum Gasteiger partial charge on any atom is 0.408 e. The summed E-state index contributed by atoms with van der Waals surface area (Å²) in [5.74, 6) is 0.333. The van der Waals surface area contributed by atoms with Crippen LogP contribution in [0.4, 0.5) is 4.79 Å². The largest absolute Gasteiger partial charge is 0.497 e. The number of nitrogens with one attached hydrogen (secondary N) is 1. The van der Waals surface area contributed by atoms with Crippen molar-refractivity contribution in [2.75, 3.05) is 27.3 Å². The number of amides is 1. The molecular formula is C29H46N2O6. The highest BCUT2D eigenvalue weighted by molar-refractivity contribution is 5.85. The Morgan fingerprint density at radius 1 is 1.16 bits per heavy atom. The molecule has 8 nitrogen and oxygen atoms in total. The van der Waals surface area contributed by atoms with E-state index in [2.05, 4.69) is 30.1 Å². The molecule has 2 heterocycles. The molecule has 1 saturated heterocycles. The predicted octanol–water partition coefficient (Wildman–Crippen LogP) is 5.47. The number of aliphatic carboxylic acids is 1. The van der Waals surface area contributed by atoms with Crippen molar-refractivity contribution in [3.8, 4) is 0 Å². The van der Waals surface area contributed by atoms with E-state index in [4.69, 9.17) is 14.2 Å². The number of hydrogen-bond acceptors (Lipinski definition) is 6. The average Bonchev–Trinajstić information content (AvgIpc) is 2.79. The van der Waals surface area contributed by atoms with Gasteiger partial charge in [-0.3, -0.25) is 0 Å². The highest BCUT2D eigenvalue weighted by Gasteiger charge is 2.55. The number of piperidine rings is 1. The first-order chi connectivity index (χ1) is 17.2. The topological polar surface area (TPSA) is 97.3 Å². The number of fused-ring (bicyclic) bond motifs is 2. The van der Waals surface area contributed by atoms with Gasteiger partial charge in [-0.05, 0) is 75.0 Å². The summed E-state index contributed by atoms with van der Waals surface area (Å²) in [6, 6.07) is 0. The lowest BCUT2D eigenvalue weighted by Gasteiger charge is -2.52. The van der Waals surface area contributed by atoms with Gasteiger partial charge in [0.1, 0.15) is 16.9 Å². The quantitative estimate of drug-likeness (QED) is 0.440. The van der Waals surface area contributed by atoms with Crippen LogP contribution in [0.1, 0.15) is 74.1 Å². The van der Waals surface area contributed by atoms with Gasteiger partial charge in [0, 0.05) is 31.1 Å². The van der Waals surface area contributed by atoms with E-state index in [1.165, 1.54) is 11.1 Å². The smallest absolute Gasteiger partial charge is 0.408 e. The van der Waals surface area contributed by atoms with Crippen LogP contribution in [0.15, 0.2) is 34.4 Å². The normalized spacial score (nSPS) is 23.8. The summed E-state index contributed by atoms with van der Waals surface area (Å²) < 4.78 is 16.8. The molecular weight excluding hydrogens is 472 g/mol. The Kier molecular flexibility index (Phi) is 8.60. The second-order valence-corrected chi connectivity index (χ2v) is 12.3. The van der Waals surface area contributed by atoms with Crippen molar-refractivity contribution in [2.24, 2.45) is 23.7 Å². The van der Waals surface area contributed by atoms with Gasteiger partial charge in [0.15, 0.2) is 5.76 Å². The maximum atomic E-state index is 13.2. The van der Waals surface area contributed by atoms with Crippen LogP contribution in [0.3, 0.4) is 0 Å². The summed E-state index contributed by atoms with van der Waals surface area (Å²) in [7, 11) is 3.30. The molecule has 2 N–H and O–H groups in total. The first-order valence-corrected chi connectivity index (χ1v) is 13.5. The number of methoxy groups -OCH3 is 2. The van der Waals surface area contributed by atoms with Crippen LogP contribution < -0.4 is 5.32 Å². The number of carboxylic acids is 1. The predicted molar refractivity (Wildman–Crippen MR) is 143 cm³/mol. The van der Waals surface area contributed by atoms with Gasteiger partial charge in [0.2, 0.25) is 0 Å². The van der Waals surface area contributed by atoms with E-state index in [1.54, 1.807) is 35.0 Å². The first kappa shape index (κ1) is 28.9. The van der Waals surface area contributed by atoms with Crippen molar-refractivity contribution in [1.29, 1.82) is 0 Å². The fraction of sp³-hybridized carbons (Fsp3) is 0.724. The molecule has 0 saturated carbocycles. The van der Waals surface area contributed by atoms with Crippen LogP contribution in [0, 0.1) is 23.7 Å².